The second-order valence-corrected chi connectivity index (χ2v) is 5.08. The minimum Gasteiger partial charge on any atom is -0.489 e. The van der Waals surface area contributed by atoms with Gasteiger partial charge in [-0.15, -0.1) is 0 Å². The van der Waals surface area contributed by atoms with Gasteiger partial charge in [0.25, 0.3) is 0 Å². The summed E-state index contributed by atoms with van der Waals surface area (Å²) in [4.78, 5) is 0. The summed E-state index contributed by atoms with van der Waals surface area (Å²) in [6.45, 7) is 5.87. The maximum Gasteiger partial charge on any atom is 0.125 e. The van der Waals surface area contributed by atoms with Crippen LogP contribution in [-0.4, -0.2) is 5.11 Å². The number of aryl methyl sites for hydroxylation is 2. The van der Waals surface area contributed by atoms with Crippen LogP contribution < -0.4 is 4.74 Å². The summed E-state index contributed by atoms with van der Waals surface area (Å²) in [5, 5.41) is 9.78. The van der Waals surface area contributed by atoms with Crippen LogP contribution in [0, 0.1) is 19.7 Å². The summed E-state index contributed by atoms with van der Waals surface area (Å²) in [6.07, 6.45) is -0.599. The predicted molar refractivity (Wildman–Crippen MR) is 77.3 cm³/mol. The second kappa shape index (κ2) is 6.06. The van der Waals surface area contributed by atoms with Crippen molar-refractivity contribution in [2.24, 2.45) is 0 Å². The maximum atomic E-state index is 13.2. The SMILES string of the molecule is Cc1ccc(OCc2cc(F)ccc2C)c([C@@H](C)O)c1. The molecule has 20 heavy (non-hydrogen) atoms. The van der Waals surface area contributed by atoms with Gasteiger partial charge in [-0.05, 0) is 56.2 Å². The molecule has 0 aliphatic carbocycles. The summed E-state index contributed by atoms with van der Waals surface area (Å²) >= 11 is 0. The minimum atomic E-state index is -0.599. The van der Waals surface area contributed by atoms with Crippen molar-refractivity contribution in [2.45, 2.75) is 33.5 Å². The number of benzene rings is 2. The zero-order valence-corrected chi connectivity index (χ0v) is 12.0. The molecule has 2 nitrogen and oxygen atoms in total. The highest BCUT2D eigenvalue weighted by molar-refractivity contribution is 5.38. The van der Waals surface area contributed by atoms with Crippen molar-refractivity contribution in [1.29, 1.82) is 0 Å². The lowest BCUT2D eigenvalue weighted by Gasteiger charge is -2.15. The van der Waals surface area contributed by atoms with E-state index < -0.39 is 6.10 Å². The Labute approximate surface area is 118 Å². The maximum absolute atomic E-state index is 13.2. The van der Waals surface area contributed by atoms with E-state index in [1.807, 2.05) is 32.0 Å². The van der Waals surface area contributed by atoms with Crippen molar-refractivity contribution in [3.05, 3.63) is 64.5 Å². The Kier molecular flexibility index (Phi) is 4.40. The standard InChI is InChI=1S/C17H19FO2/c1-11-4-7-17(16(8-11)13(3)19)20-10-14-9-15(18)6-5-12(14)2/h4-9,13,19H,10H2,1-3H3/t13-/m1/s1. The molecular formula is C17H19FO2. The first-order valence-corrected chi connectivity index (χ1v) is 6.64. The topological polar surface area (TPSA) is 29.5 Å². The second-order valence-electron chi connectivity index (χ2n) is 5.08. The van der Waals surface area contributed by atoms with E-state index in [2.05, 4.69) is 0 Å². The minimum absolute atomic E-state index is 0.270. The van der Waals surface area contributed by atoms with E-state index in [0.29, 0.717) is 5.75 Å². The summed E-state index contributed by atoms with van der Waals surface area (Å²) in [5.74, 6) is 0.364. The first kappa shape index (κ1) is 14.5. The van der Waals surface area contributed by atoms with Gasteiger partial charge in [0.1, 0.15) is 18.2 Å². The number of ether oxygens (including phenoxy) is 1. The molecule has 0 spiro atoms. The fourth-order valence-electron chi connectivity index (χ4n) is 2.08. The third-order valence-electron chi connectivity index (χ3n) is 3.31. The molecule has 0 radical (unpaired) electrons. The molecule has 0 saturated carbocycles. The zero-order valence-electron chi connectivity index (χ0n) is 12.0. The van der Waals surface area contributed by atoms with Crippen LogP contribution in [0.25, 0.3) is 0 Å². The highest BCUT2D eigenvalue weighted by Gasteiger charge is 2.10. The molecule has 106 valence electrons. The molecule has 2 rings (SSSR count). The highest BCUT2D eigenvalue weighted by Crippen LogP contribution is 2.27. The Balaban J connectivity index is 2.20. The fourth-order valence-corrected chi connectivity index (χ4v) is 2.08. The summed E-state index contributed by atoms with van der Waals surface area (Å²) in [6, 6.07) is 10.3. The highest BCUT2D eigenvalue weighted by atomic mass is 19.1. The summed E-state index contributed by atoms with van der Waals surface area (Å²) in [7, 11) is 0. The largest absolute Gasteiger partial charge is 0.489 e. The van der Waals surface area contributed by atoms with Crippen molar-refractivity contribution in [1.82, 2.24) is 0 Å². The Bertz CT molecular complexity index is 606. The van der Waals surface area contributed by atoms with Gasteiger partial charge in [0, 0.05) is 5.56 Å². The molecule has 0 aliphatic rings. The Morgan fingerprint density at radius 2 is 1.90 bits per heavy atom. The van der Waals surface area contributed by atoms with Crippen LogP contribution in [-0.2, 0) is 6.61 Å². The fraction of sp³-hybridized carbons (Fsp3) is 0.294. The van der Waals surface area contributed by atoms with Gasteiger partial charge < -0.3 is 9.84 Å². The average molecular weight is 274 g/mol. The van der Waals surface area contributed by atoms with Crippen LogP contribution >= 0.6 is 0 Å². The third kappa shape index (κ3) is 3.36. The number of halogens is 1. The van der Waals surface area contributed by atoms with Crippen LogP contribution in [0.2, 0.25) is 0 Å². The lowest BCUT2D eigenvalue weighted by molar-refractivity contribution is 0.190. The molecule has 3 heteroatoms. The van der Waals surface area contributed by atoms with Crippen molar-refractivity contribution < 1.29 is 14.2 Å². The first-order chi connectivity index (χ1) is 9.47. The molecule has 2 aromatic rings. The van der Waals surface area contributed by atoms with E-state index in [1.54, 1.807) is 13.0 Å². The van der Waals surface area contributed by atoms with Crippen LogP contribution in [0.3, 0.4) is 0 Å². The molecule has 0 fully saturated rings. The number of hydrogen-bond acceptors (Lipinski definition) is 2. The molecule has 0 amide bonds. The van der Waals surface area contributed by atoms with Gasteiger partial charge >= 0.3 is 0 Å². The number of hydrogen-bond donors (Lipinski definition) is 1. The van der Waals surface area contributed by atoms with E-state index in [1.165, 1.54) is 12.1 Å². The number of aliphatic hydroxyl groups is 1. The normalized spacial score (nSPS) is 12.2. The lowest BCUT2D eigenvalue weighted by atomic mass is 10.1. The molecule has 0 unspecified atom stereocenters. The molecule has 1 N–H and O–H groups in total. The van der Waals surface area contributed by atoms with Crippen molar-refractivity contribution >= 4 is 0 Å². The van der Waals surface area contributed by atoms with Crippen LogP contribution in [0.15, 0.2) is 36.4 Å². The van der Waals surface area contributed by atoms with Crippen molar-refractivity contribution in [3.8, 4) is 5.75 Å². The molecule has 0 heterocycles. The number of aliphatic hydroxyl groups excluding tert-OH is 1. The van der Waals surface area contributed by atoms with Gasteiger partial charge in [0.05, 0.1) is 6.10 Å². The molecule has 0 aliphatic heterocycles. The van der Waals surface area contributed by atoms with Crippen LogP contribution in [0.4, 0.5) is 4.39 Å². The average Bonchev–Trinajstić information content (AvgIpc) is 2.40. The predicted octanol–water partition coefficient (Wildman–Crippen LogP) is 4.07. The van der Waals surface area contributed by atoms with E-state index in [9.17, 15) is 9.50 Å². The van der Waals surface area contributed by atoms with Gasteiger partial charge in [0.15, 0.2) is 0 Å². The molecule has 0 saturated heterocycles. The van der Waals surface area contributed by atoms with Crippen molar-refractivity contribution in [3.63, 3.8) is 0 Å². The quantitative estimate of drug-likeness (QED) is 0.910. The first-order valence-electron chi connectivity index (χ1n) is 6.64. The molecular weight excluding hydrogens is 255 g/mol. The van der Waals surface area contributed by atoms with Gasteiger partial charge in [-0.1, -0.05) is 17.7 Å². The van der Waals surface area contributed by atoms with Gasteiger partial charge in [-0.25, -0.2) is 4.39 Å². The Hall–Kier alpha value is -1.87. The molecule has 2 aromatic carbocycles. The van der Waals surface area contributed by atoms with Gasteiger partial charge in [0.2, 0.25) is 0 Å². The van der Waals surface area contributed by atoms with Crippen LogP contribution in [0.5, 0.6) is 5.75 Å². The van der Waals surface area contributed by atoms with E-state index in [0.717, 1.165) is 22.3 Å². The monoisotopic (exact) mass is 274 g/mol. The zero-order chi connectivity index (χ0) is 14.7. The van der Waals surface area contributed by atoms with Gasteiger partial charge in [-0.2, -0.15) is 0 Å². The lowest BCUT2D eigenvalue weighted by Crippen LogP contribution is -2.03. The van der Waals surface area contributed by atoms with E-state index >= 15 is 0 Å². The summed E-state index contributed by atoms with van der Waals surface area (Å²) < 4.78 is 19.0. The van der Waals surface area contributed by atoms with E-state index in [-0.39, 0.29) is 12.4 Å². The van der Waals surface area contributed by atoms with Crippen LogP contribution in [0.1, 0.15) is 35.3 Å². The third-order valence-corrected chi connectivity index (χ3v) is 3.31. The Morgan fingerprint density at radius 3 is 2.60 bits per heavy atom. The van der Waals surface area contributed by atoms with Gasteiger partial charge in [-0.3, -0.25) is 0 Å². The molecule has 1 atom stereocenters. The number of rotatable bonds is 4. The smallest absolute Gasteiger partial charge is 0.125 e. The van der Waals surface area contributed by atoms with Crippen molar-refractivity contribution in [2.75, 3.05) is 0 Å². The Morgan fingerprint density at radius 1 is 1.15 bits per heavy atom. The van der Waals surface area contributed by atoms with E-state index in [4.69, 9.17) is 4.74 Å². The molecule has 0 aromatic heterocycles. The summed E-state index contributed by atoms with van der Waals surface area (Å²) in [5.41, 5.74) is 3.61. The molecule has 0 bridgehead atoms.